The van der Waals surface area contributed by atoms with Crippen LogP contribution in [0.25, 0.3) is 0 Å². The van der Waals surface area contributed by atoms with E-state index < -0.39 is 0 Å². The van der Waals surface area contributed by atoms with E-state index >= 15 is 0 Å². The smallest absolute Gasteiger partial charge is 0.220 e. The summed E-state index contributed by atoms with van der Waals surface area (Å²) in [5.74, 6) is 1.99. The Labute approximate surface area is 149 Å². The molecule has 3 aliphatic rings. The lowest BCUT2D eigenvalue weighted by Gasteiger charge is -2.13. The van der Waals surface area contributed by atoms with E-state index in [2.05, 4.69) is 34.9 Å². The van der Waals surface area contributed by atoms with Crippen molar-refractivity contribution < 1.29 is 9.59 Å². The topological polar surface area (TPSA) is 58.2 Å². The van der Waals surface area contributed by atoms with Gasteiger partial charge in [0.2, 0.25) is 11.8 Å². The van der Waals surface area contributed by atoms with Crippen LogP contribution in [-0.4, -0.2) is 24.4 Å². The van der Waals surface area contributed by atoms with E-state index in [4.69, 9.17) is 0 Å². The second-order valence-electron chi connectivity index (χ2n) is 7.94. The zero-order valence-electron chi connectivity index (χ0n) is 14.8. The number of benzene rings is 1. The van der Waals surface area contributed by atoms with E-state index in [-0.39, 0.29) is 11.8 Å². The maximum Gasteiger partial charge on any atom is 0.220 e. The average molecular weight is 340 g/mol. The normalized spacial score (nSPS) is 27.3. The van der Waals surface area contributed by atoms with Crippen molar-refractivity contribution in [1.29, 1.82) is 0 Å². The summed E-state index contributed by atoms with van der Waals surface area (Å²) in [6.07, 6.45) is 7.61. The Morgan fingerprint density at radius 2 is 1.76 bits per heavy atom. The van der Waals surface area contributed by atoms with Crippen LogP contribution in [-0.2, 0) is 16.0 Å². The van der Waals surface area contributed by atoms with Gasteiger partial charge in [-0.25, -0.2) is 0 Å². The van der Waals surface area contributed by atoms with Crippen molar-refractivity contribution in [2.75, 3.05) is 6.54 Å². The summed E-state index contributed by atoms with van der Waals surface area (Å²) >= 11 is 0. The number of amides is 2. The van der Waals surface area contributed by atoms with Crippen LogP contribution in [0, 0.1) is 11.8 Å². The summed E-state index contributed by atoms with van der Waals surface area (Å²) in [6, 6.07) is 9.07. The summed E-state index contributed by atoms with van der Waals surface area (Å²) in [6.45, 7) is 0.757. The lowest BCUT2D eigenvalue weighted by atomic mass is 9.92. The molecule has 4 rings (SSSR count). The predicted molar refractivity (Wildman–Crippen MR) is 97.1 cm³/mol. The molecule has 1 aromatic rings. The molecular formula is C21H28N2O2. The highest BCUT2D eigenvalue weighted by molar-refractivity contribution is 5.83. The molecule has 2 N–H and O–H groups in total. The molecule has 3 aliphatic carbocycles. The fraction of sp³-hybridized carbons (Fsp3) is 0.619. The summed E-state index contributed by atoms with van der Waals surface area (Å²) < 4.78 is 0. The fourth-order valence-electron chi connectivity index (χ4n) is 4.90. The molecule has 0 spiro atoms. The molecule has 0 saturated heterocycles. The van der Waals surface area contributed by atoms with E-state index in [1.165, 1.54) is 36.8 Å². The third kappa shape index (κ3) is 3.73. The maximum atomic E-state index is 12.1. The highest BCUT2D eigenvalue weighted by atomic mass is 16.2. The SMILES string of the molecule is O=C(CCC(=O)NC1CCCC1)NCC1C2CCc3ccccc3C21. The van der Waals surface area contributed by atoms with Crippen molar-refractivity contribution >= 4 is 11.8 Å². The Morgan fingerprint density at radius 3 is 2.60 bits per heavy atom. The monoisotopic (exact) mass is 340 g/mol. The van der Waals surface area contributed by atoms with Crippen molar-refractivity contribution in [1.82, 2.24) is 10.6 Å². The van der Waals surface area contributed by atoms with Crippen molar-refractivity contribution in [3.63, 3.8) is 0 Å². The number of carbonyl (C=O) groups is 2. The van der Waals surface area contributed by atoms with Crippen LogP contribution in [0.15, 0.2) is 24.3 Å². The van der Waals surface area contributed by atoms with Gasteiger partial charge < -0.3 is 10.6 Å². The fourth-order valence-corrected chi connectivity index (χ4v) is 4.90. The summed E-state index contributed by atoms with van der Waals surface area (Å²) in [7, 11) is 0. The molecular weight excluding hydrogens is 312 g/mol. The first-order valence-corrected chi connectivity index (χ1v) is 9.86. The number of rotatable bonds is 6. The highest BCUT2D eigenvalue weighted by Gasteiger charge is 2.52. The van der Waals surface area contributed by atoms with Crippen LogP contribution in [0.2, 0.25) is 0 Å². The summed E-state index contributed by atoms with van der Waals surface area (Å²) in [5, 5.41) is 6.11. The summed E-state index contributed by atoms with van der Waals surface area (Å²) in [5.41, 5.74) is 2.98. The molecule has 25 heavy (non-hydrogen) atoms. The Morgan fingerprint density at radius 1 is 1.00 bits per heavy atom. The van der Waals surface area contributed by atoms with Gasteiger partial charge in [0, 0.05) is 25.4 Å². The van der Waals surface area contributed by atoms with E-state index in [0.717, 1.165) is 25.3 Å². The van der Waals surface area contributed by atoms with Gasteiger partial charge in [0.15, 0.2) is 0 Å². The lowest BCUT2D eigenvalue weighted by Crippen LogP contribution is -2.34. The molecule has 3 unspecified atom stereocenters. The molecule has 4 heteroatoms. The molecule has 2 amide bonds. The molecule has 3 atom stereocenters. The van der Waals surface area contributed by atoms with Crippen LogP contribution in [0.1, 0.15) is 62.0 Å². The van der Waals surface area contributed by atoms with Crippen LogP contribution in [0.3, 0.4) is 0 Å². The number of carbonyl (C=O) groups excluding carboxylic acids is 2. The van der Waals surface area contributed by atoms with Gasteiger partial charge in [-0.3, -0.25) is 9.59 Å². The Hall–Kier alpha value is -1.84. The van der Waals surface area contributed by atoms with Gasteiger partial charge in [0.1, 0.15) is 0 Å². The quantitative estimate of drug-likeness (QED) is 0.836. The molecule has 2 saturated carbocycles. The Bertz CT molecular complexity index is 651. The third-order valence-electron chi connectivity index (χ3n) is 6.33. The van der Waals surface area contributed by atoms with Crippen LogP contribution < -0.4 is 10.6 Å². The molecule has 0 radical (unpaired) electrons. The molecule has 134 valence electrons. The van der Waals surface area contributed by atoms with Gasteiger partial charge in [0.25, 0.3) is 0 Å². The first kappa shape index (κ1) is 16.6. The second-order valence-corrected chi connectivity index (χ2v) is 7.94. The van der Waals surface area contributed by atoms with Gasteiger partial charge in [-0.15, -0.1) is 0 Å². The van der Waals surface area contributed by atoms with E-state index in [1.807, 2.05) is 0 Å². The van der Waals surface area contributed by atoms with E-state index in [1.54, 1.807) is 0 Å². The average Bonchev–Trinajstić information content (AvgIpc) is 3.11. The van der Waals surface area contributed by atoms with Crippen molar-refractivity contribution in [3.05, 3.63) is 35.4 Å². The first-order chi connectivity index (χ1) is 12.2. The molecule has 0 heterocycles. The minimum absolute atomic E-state index is 0.0125. The van der Waals surface area contributed by atoms with Crippen LogP contribution in [0.5, 0.6) is 0 Å². The zero-order chi connectivity index (χ0) is 17.2. The molecule has 1 aromatic carbocycles. The van der Waals surface area contributed by atoms with E-state index in [9.17, 15) is 9.59 Å². The van der Waals surface area contributed by atoms with Gasteiger partial charge >= 0.3 is 0 Å². The minimum Gasteiger partial charge on any atom is -0.356 e. The largest absolute Gasteiger partial charge is 0.356 e. The number of hydrogen-bond donors (Lipinski definition) is 2. The van der Waals surface area contributed by atoms with Gasteiger partial charge in [-0.05, 0) is 54.6 Å². The predicted octanol–water partition coefficient (Wildman–Crippen LogP) is 2.92. The minimum atomic E-state index is 0.0125. The second kappa shape index (κ2) is 7.19. The first-order valence-electron chi connectivity index (χ1n) is 9.86. The number of hydrogen-bond acceptors (Lipinski definition) is 2. The number of nitrogens with one attached hydrogen (secondary N) is 2. The Balaban J connectivity index is 1.18. The molecule has 0 aliphatic heterocycles. The Kier molecular flexibility index (Phi) is 4.78. The summed E-state index contributed by atoms with van der Waals surface area (Å²) in [4.78, 5) is 24.0. The van der Waals surface area contributed by atoms with Crippen molar-refractivity contribution in [3.8, 4) is 0 Å². The standard InChI is InChI=1S/C21H28N2O2/c24-19(11-12-20(25)23-15-6-2-3-7-15)22-13-18-17-10-9-14-5-1-4-8-16(14)21(17)18/h1,4-5,8,15,17-18,21H,2-3,6-7,9-13H2,(H,22,24)(H,23,25). The van der Waals surface area contributed by atoms with Crippen LogP contribution in [0.4, 0.5) is 0 Å². The van der Waals surface area contributed by atoms with Gasteiger partial charge in [-0.2, -0.15) is 0 Å². The molecule has 0 aromatic heterocycles. The molecule has 4 nitrogen and oxygen atoms in total. The maximum absolute atomic E-state index is 12.1. The number of aryl methyl sites for hydroxylation is 1. The lowest BCUT2D eigenvalue weighted by molar-refractivity contribution is -0.126. The molecule has 0 bridgehead atoms. The molecule has 2 fully saturated rings. The zero-order valence-corrected chi connectivity index (χ0v) is 14.8. The van der Waals surface area contributed by atoms with Crippen molar-refractivity contribution in [2.24, 2.45) is 11.8 Å². The van der Waals surface area contributed by atoms with Crippen molar-refractivity contribution in [2.45, 2.75) is 63.3 Å². The highest BCUT2D eigenvalue weighted by Crippen LogP contribution is 2.59. The van der Waals surface area contributed by atoms with Crippen LogP contribution >= 0.6 is 0 Å². The van der Waals surface area contributed by atoms with Gasteiger partial charge in [0.05, 0.1) is 0 Å². The van der Waals surface area contributed by atoms with Gasteiger partial charge in [-0.1, -0.05) is 37.1 Å². The van der Waals surface area contributed by atoms with E-state index in [0.29, 0.717) is 30.7 Å². The number of fused-ring (bicyclic) bond motifs is 3. The third-order valence-corrected chi connectivity index (χ3v) is 6.33.